The van der Waals surface area contributed by atoms with Gasteiger partial charge < -0.3 is 20.1 Å². The smallest absolute Gasteiger partial charge is 0.315 e. The van der Waals surface area contributed by atoms with Crippen LogP contribution in [0.2, 0.25) is 0 Å². The van der Waals surface area contributed by atoms with Gasteiger partial charge in [0.2, 0.25) is 0 Å². The van der Waals surface area contributed by atoms with Crippen LogP contribution in [0.5, 0.6) is 0 Å². The summed E-state index contributed by atoms with van der Waals surface area (Å²) < 4.78 is 24.2. The fourth-order valence-electron chi connectivity index (χ4n) is 3.19. The molecule has 0 radical (unpaired) electrons. The van der Waals surface area contributed by atoms with Crippen LogP contribution in [-0.2, 0) is 9.47 Å². The number of carbonyl (C=O) groups is 1. The van der Waals surface area contributed by atoms with Gasteiger partial charge in [0.15, 0.2) is 0 Å². The molecule has 132 valence electrons. The van der Waals surface area contributed by atoms with E-state index in [9.17, 15) is 9.18 Å². The second-order valence-electron chi connectivity index (χ2n) is 6.60. The number of methoxy groups -OCH3 is 1. The Labute approximate surface area is 141 Å². The third kappa shape index (κ3) is 4.68. The van der Waals surface area contributed by atoms with Crippen molar-refractivity contribution in [1.82, 2.24) is 10.6 Å². The number of halogens is 1. The van der Waals surface area contributed by atoms with Gasteiger partial charge in [-0.1, -0.05) is 12.1 Å². The molecule has 2 N–H and O–H groups in total. The number of carbonyl (C=O) groups excluding carboxylic acids is 1. The molecule has 1 aliphatic heterocycles. The van der Waals surface area contributed by atoms with Crippen LogP contribution in [0.15, 0.2) is 24.3 Å². The van der Waals surface area contributed by atoms with Crippen LogP contribution in [-0.4, -0.2) is 38.4 Å². The van der Waals surface area contributed by atoms with E-state index in [0.717, 1.165) is 18.4 Å². The SMILES string of the molecule is CO[C@H](CNC(=O)N[C@H]1CCO[C@H](C2CC2)C1)c1ccc(F)cc1. The Hall–Kier alpha value is -1.66. The van der Waals surface area contributed by atoms with Crippen molar-refractivity contribution in [2.45, 2.75) is 43.9 Å². The fraction of sp³-hybridized carbons (Fsp3) is 0.611. The summed E-state index contributed by atoms with van der Waals surface area (Å²) >= 11 is 0. The van der Waals surface area contributed by atoms with Crippen LogP contribution in [0.1, 0.15) is 37.4 Å². The highest BCUT2D eigenvalue weighted by atomic mass is 19.1. The zero-order valence-electron chi connectivity index (χ0n) is 14.0. The normalized spacial score (nSPS) is 25.1. The van der Waals surface area contributed by atoms with Crippen LogP contribution in [0.4, 0.5) is 9.18 Å². The second kappa shape index (κ2) is 7.94. The van der Waals surface area contributed by atoms with E-state index in [-0.39, 0.29) is 24.0 Å². The molecule has 1 aromatic rings. The number of rotatable bonds is 6. The van der Waals surface area contributed by atoms with Gasteiger partial charge in [0.05, 0.1) is 12.2 Å². The Morgan fingerprint density at radius 2 is 2.08 bits per heavy atom. The minimum absolute atomic E-state index is 0.163. The molecule has 2 amide bonds. The van der Waals surface area contributed by atoms with E-state index in [2.05, 4.69) is 10.6 Å². The molecule has 1 saturated carbocycles. The molecular formula is C18H25FN2O3. The first-order valence-corrected chi connectivity index (χ1v) is 8.60. The van der Waals surface area contributed by atoms with Gasteiger partial charge in [0, 0.05) is 26.3 Å². The van der Waals surface area contributed by atoms with E-state index < -0.39 is 0 Å². The molecule has 0 aromatic heterocycles. The lowest BCUT2D eigenvalue weighted by atomic mass is 10.0. The van der Waals surface area contributed by atoms with Gasteiger partial charge in [-0.15, -0.1) is 0 Å². The molecule has 1 heterocycles. The average molecular weight is 336 g/mol. The summed E-state index contributed by atoms with van der Waals surface area (Å²) in [6.45, 7) is 1.05. The summed E-state index contributed by atoms with van der Waals surface area (Å²) in [4.78, 5) is 12.1. The van der Waals surface area contributed by atoms with Gasteiger partial charge in [-0.25, -0.2) is 9.18 Å². The summed E-state index contributed by atoms with van der Waals surface area (Å²) in [6, 6.07) is 6.09. The number of hydrogen-bond donors (Lipinski definition) is 2. The molecule has 0 unspecified atom stereocenters. The highest BCUT2D eigenvalue weighted by Gasteiger charge is 2.36. The van der Waals surface area contributed by atoms with Crippen molar-refractivity contribution in [2.24, 2.45) is 5.92 Å². The Kier molecular flexibility index (Phi) is 5.68. The zero-order valence-corrected chi connectivity index (χ0v) is 14.0. The molecule has 0 bridgehead atoms. The molecule has 0 spiro atoms. The van der Waals surface area contributed by atoms with Gasteiger partial charge in [-0.3, -0.25) is 0 Å². The maximum absolute atomic E-state index is 13.0. The molecule has 1 aromatic carbocycles. The van der Waals surface area contributed by atoms with Crippen molar-refractivity contribution >= 4 is 6.03 Å². The van der Waals surface area contributed by atoms with Crippen molar-refractivity contribution in [1.29, 1.82) is 0 Å². The number of benzene rings is 1. The Morgan fingerprint density at radius 1 is 1.33 bits per heavy atom. The highest BCUT2D eigenvalue weighted by molar-refractivity contribution is 5.74. The summed E-state index contributed by atoms with van der Waals surface area (Å²) in [5.41, 5.74) is 0.832. The fourth-order valence-corrected chi connectivity index (χ4v) is 3.19. The maximum atomic E-state index is 13.0. The molecule has 5 nitrogen and oxygen atoms in total. The lowest BCUT2D eigenvalue weighted by Gasteiger charge is -2.30. The van der Waals surface area contributed by atoms with E-state index in [1.165, 1.54) is 25.0 Å². The van der Waals surface area contributed by atoms with Crippen LogP contribution in [0, 0.1) is 11.7 Å². The predicted octanol–water partition coefficient (Wildman–Crippen LogP) is 2.77. The topological polar surface area (TPSA) is 59.6 Å². The number of ether oxygens (including phenoxy) is 2. The number of nitrogens with one attached hydrogen (secondary N) is 2. The van der Waals surface area contributed by atoms with Crippen LogP contribution < -0.4 is 10.6 Å². The molecule has 2 fully saturated rings. The number of hydrogen-bond acceptors (Lipinski definition) is 3. The van der Waals surface area contributed by atoms with E-state index in [0.29, 0.717) is 25.2 Å². The van der Waals surface area contributed by atoms with E-state index in [1.54, 1.807) is 19.2 Å². The van der Waals surface area contributed by atoms with Crippen LogP contribution in [0.3, 0.4) is 0 Å². The predicted molar refractivity (Wildman–Crippen MR) is 88.2 cm³/mol. The lowest BCUT2D eigenvalue weighted by molar-refractivity contribution is -0.00921. The number of amides is 2. The molecule has 24 heavy (non-hydrogen) atoms. The largest absolute Gasteiger partial charge is 0.378 e. The molecule has 3 atom stereocenters. The second-order valence-corrected chi connectivity index (χ2v) is 6.60. The van der Waals surface area contributed by atoms with Crippen molar-refractivity contribution in [3.05, 3.63) is 35.6 Å². The Balaban J connectivity index is 1.44. The standard InChI is InChI=1S/C18H25FN2O3/c1-23-17(13-4-6-14(19)7-5-13)11-20-18(22)21-15-8-9-24-16(10-15)12-2-3-12/h4-7,12,15-17H,2-3,8-11H2,1H3,(H2,20,21,22)/t15-,16-,17+/m0/s1. The molecular weight excluding hydrogens is 311 g/mol. The van der Waals surface area contributed by atoms with Crippen molar-refractivity contribution < 1.29 is 18.7 Å². The van der Waals surface area contributed by atoms with Crippen molar-refractivity contribution in [3.63, 3.8) is 0 Å². The minimum atomic E-state index is -0.301. The van der Waals surface area contributed by atoms with Gasteiger partial charge >= 0.3 is 6.03 Å². The van der Waals surface area contributed by atoms with Gasteiger partial charge in [-0.05, 0) is 49.3 Å². The summed E-state index contributed by atoms with van der Waals surface area (Å²) in [7, 11) is 1.58. The first kappa shape index (κ1) is 17.2. The van der Waals surface area contributed by atoms with E-state index >= 15 is 0 Å². The van der Waals surface area contributed by atoms with Gasteiger partial charge in [0.25, 0.3) is 0 Å². The molecule has 1 saturated heterocycles. The molecule has 6 heteroatoms. The van der Waals surface area contributed by atoms with Crippen molar-refractivity contribution in [2.75, 3.05) is 20.3 Å². The molecule has 1 aliphatic carbocycles. The monoisotopic (exact) mass is 336 g/mol. The third-order valence-electron chi connectivity index (χ3n) is 4.77. The van der Waals surface area contributed by atoms with Gasteiger partial charge in [-0.2, -0.15) is 0 Å². The molecule has 2 aliphatic rings. The Morgan fingerprint density at radius 3 is 2.75 bits per heavy atom. The summed E-state index contributed by atoms with van der Waals surface area (Å²) in [5.74, 6) is 0.401. The number of urea groups is 1. The highest BCUT2D eigenvalue weighted by Crippen LogP contribution is 2.38. The van der Waals surface area contributed by atoms with E-state index in [4.69, 9.17) is 9.47 Å². The quantitative estimate of drug-likeness (QED) is 0.840. The first-order valence-electron chi connectivity index (χ1n) is 8.60. The van der Waals surface area contributed by atoms with Crippen molar-refractivity contribution in [3.8, 4) is 0 Å². The lowest BCUT2D eigenvalue weighted by Crippen LogP contribution is -2.47. The molecule has 3 rings (SSSR count). The Bertz CT molecular complexity index is 548. The third-order valence-corrected chi connectivity index (χ3v) is 4.77. The van der Waals surface area contributed by atoms with Crippen LogP contribution >= 0.6 is 0 Å². The van der Waals surface area contributed by atoms with E-state index in [1.807, 2.05) is 0 Å². The maximum Gasteiger partial charge on any atom is 0.315 e. The summed E-state index contributed by atoms with van der Waals surface area (Å²) in [5, 5.41) is 5.87. The minimum Gasteiger partial charge on any atom is -0.378 e. The van der Waals surface area contributed by atoms with Gasteiger partial charge in [0.1, 0.15) is 5.82 Å². The first-order chi connectivity index (χ1) is 11.7. The average Bonchev–Trinajstić information content (AvgIpc) is 3.42. The van der Waals surface area contributed by atoms with Crippen LogP contribution in [0.25, 0.3) is 0 Å². The zero-order chi connectivity index (χ0) is 16.9. The summed E-state index contributed by atoms with van der Waals surface area (Å²) in [6.07, 6.45) is 4.24.